The van der Waals surface area contributed by atoms with Gasteiger partial charge in [0.25, 0.3) is 11.4 Å². The monoisotopic (exact) mass is 741 g/mol. The summed E-state index contributed by atoms with van der Waals surface area (Å²) in [5.74, 6) is -0.748. The number of non-ortho nitro benzene ring substituents is 2. The highest BCUT2D eigenvalue weighted by molar-refractivity contribution is 6.07. The Balaban J connectivity index is 1.27. The van der Waals surface area contributed by atoms with Gasteiger partial charge in [-0.05, 0) is 58.5 Å². The van der Waals surface area contributed by atoms with Gasteiger partial charge in [-0.3, -0.25) is 35.0 Å². The fourth-order valence-corrected chi connectivity index (χ4v) is 10.2. The average molecular weight is 742 g/mol. The second kappa shape index (κ2) is 12.7. The molecule has 2 fully saturated rings. The fraction of sp³-hybridized carbons (Fsp3) is 0.205. The number of aromatic nitrogens is 1. The van der Waals surface area contributed by atoms with E-state index in [1.54, 1.807) is 30.3 Å². The zero-order valence-electron chi connectivity index (χ0n) is 30.0. The summed E-state index contributed by atoms with van der Waals surface area (Å²) in [6, 6.07) is 35.5. The summed E-state index contributed by atoms with van der Waals surface area (Å²) in [5.41, 5.74) is 2.95. The first kappa shape index (κ1) is 33.9. The molecule has 56 heavy (non-hydrogen) atoms. The molecule has 4 aliphatic rings. The van der Waals surface area contributed by atoms with E-state index in [0.717, 1.165) is 38.3 Å². The number of hydrogen-bond acceptors (Lipinski definition) is 9. The van der Waals surface area contributed by atoms with Crippen LogP contribution in [0.2, 0.25) is 0 Å². The Kier molecular flexibility index (Phi) is 7.70. The molecule has 3 aliphatic heterocycles. The lowest BCUT2D eigenvalue weighted by Crippen LogP contribution is -2.66. The van der Waals surface area contributed by atoms with E-state index in [1.165, 1.54) is 18.2 Å². The van der Waals surface area contributed by atoms with E-state index in [-0.39, 0.29) is 30.2 Å². The van der Waals surface area contributed by atoms with Crippen LogP contribution in [0.15, 0.2) is 143 Å². The molecule has 276 valence electrons. The van der Waals surface area contributed by atoms with Crippen LogP contribution in [0.4, 0.5) is 11.4 Å². The van der Waals surface area contributed by atoms with Crippen molar-refractivity contribution >= 4 is 34.1 Å². The molecule has 4 heterocycles. The highest BCUT2D eigenvalue weighted by Gasteiger charge is 2.75. The van der Waals surface area contributed by atoms with Crippen LogP contribution in [0.5, 0.6) is 0 Å². The van der Waals surface area contributed by atoms with Crippen molar-refractivity contribution in [3.63, 3.8) is 0 Å². The number of benzene rings is 5. The number of nitrogens with one attached hydrogen (secondary N) is 3. The second-order valence-corrected chi connectivity index (χ2v) is 15.1. The molecule has 6 atom stereocenters. The van der Waals surface area contributed by atoms with Gasteiger partial charge in [-0.15, -0.1) is 0 Å². The van der Waals surface area contributed by atoms with Crippen LogP contribution in [0.3, 0.4) is 0 Å². The first-order chi connectivity index (χ1) is 27.3. The van der Waals surface area contributed by atoms with Crippen molar-refractivity contribution in [2.45, 2.75) is 36.0 Å². The molecule has 2 spiro atoms. The lowest BCUT2D eigenvalue weighted by Gasteiger charge is -2.50. The smallest absolute Gasteiger partial charge is 0.270 e. The Morgan fingerprint density at radius 1 is 0.804 bits per heavy atom. The third-order valence-corrected chi connectivity index (χ3v) is 12.3. The van der Waals surface area contributed by atoms with Crippen molar-refractivity contribution in [3.8, 4) is 0 Å². The van der Waals surface area contributed by atoms with Crippen LogP contribution in [0.25, 0.3) is 17.0 Å². The molecule has 6 aromatic rings. The number of hydrogen-bond donors (Lipinski definition) is 3. The van der Waals surface area contributed by atoms with Gasteiger partial charge in [-0.2, -0.15) is 0 Å². The number of ketones is 1. The van der Waals surface area contributed by atoms with E-state index in [0.29, 0.717) is 23.1 Å². The van der Waals surface area contributed by atoms with Gasteiger partial charge in [0, 0.05) is 72.0 Å². The molecule has 0 saturated carbocycles. The van der Waals surface area contributed by atoms with E-state index < -0.39 is 44.8 Å². The highest BCUT2D eigenvalue weighted by atomic mass is 16.6. The maximum absolute atomic E-state index is 16.1. The number of carbonyl (C=O) groups is 1. The van der Waals surface area contributed by atoms with Crippen LogP contribution in [-0.4, -0.2) is 45.8 Å². The first-order valence-electron chi connectivity index (χ1n) is 18.7. The number of carbonyl (C=O) groups excluding carboxylic acids is 1. The maximum atomic E-state index is 16.1. The maximum Gasteiger partial charge on any atom is 0.270 e. The fourth-order valence-electron chi connectivity index (χ4n) is 10.2. The Labute approximate surface area is 320 Å². The SMILES string of the molecule is O=C1/C(=C/c2cccc([N+](=O)[O-])c2)CNCC12C(c1cccc([N+](=O)[O-])c1)C(Cc1c[nH]c3ccccc13)NC21c2ccccc2C2N=c3ccccc3=NC21. The van der Waals surface area contributed by atoms with Gasteiger partial charge in [-0.25, -0.2) is 0 Å². The molecule has 0 bridgehead atoms. The average Bonchev–Trinajstić information content (AvgIpc) is 3.85. The van der Waals surface area contributed by atoms with E-state index in [4.69, 9.17) is 9.98 Å². The van der Waals surface area contributed by atoms with Gasteiger partial charge in [0.15, 0.2) is 5.78 Å². The molecular formula is C44H35N7O5. The molecule has 0 radical (unpaired) electrons. The number of Topliss-reactive ketones (excluding diaryl/α,β-unsaturated/α-hetero) is 1. The number of nitro groups is 2. The number of H-pyrrole nitrogens is 1. The predicted molar refractivity (Wildman–Crippen MR) is 210 cm³/mol. The van der Waals surface area contributed by atoms with Gasteiger partial charge in [-0.1, -0.05) is 78.9 Å². The minimum absolute atomic E-state index is 0.0657. The summed E-state index contributed by atoms with van der Waals surface area (Å²) in [4.78, 5) is 53.6. The van der Waals surface area contributed by atoms with Gasteiger partial charge < -0.3 is 15.6 Å². The van der Waals surface area contributed by atoms with Crippen LogP contribution in [0, 0.1) is 25.6 Å². The summed E-state index contributed by atoms with van der Waals surface area (Å²) in [7, 11) is 0. The number of nitrogens with zero attached hydrogens (tertiary/aromatic N) is 4. The van der Waals surface area contributed by atoms with Crippen molar-refractivity contribution < 1.29 is 14.6 Å². The molecule has 0 amide bonds. The lowest BCUT2D eigenvalue weighted by atomic mass is 9.54. The molecule has 2 saturated heterocycles. The third kappa shape index (κ3) is 4.89. The van der Waals surface area contributed by atoms with Gasteiger partial charge >= 0.3 is 0 Å². The molecule has 12 nitrogen and oxygen atoms in total. The van der Waals surface area contributed by atoms with Gasteiger partial charge in [0.2, 0.25) is 0 Å². The molecule has 1 aromatic heterocycles. The molecule has 10 rings (SSSR count). The Morgan fingerprint density at radius 2 is 1.52 bits per heavy atom. The van der Waals surface area contributed by atoms with Crippen molar-refractivity contribution in [3.05, 3.63) is 192 Å². The van der Waals surface area contributed by atoms with E-state index in [1.807, 2.05) is 66.9 Å². The van der Waals surface area contributed by atoms with Crippen molar-refractivity contribution in [1.29, 1.82) is 0 Å². The quantitative estimate of drug-likeness (QED) is 0.110. The molecule has 12 heteroatoms. The number of aromatic amines is 1. The first-order valence-corrected chi connectivity index (χ1v) is 18.7. The summed E-state index contributed by atoms with van der Waals surface area (Å²) in [5, 5.41) is 34.4. The molecule has 1 aliphatic carbocycles. The van der Waals surface area contributed by atoms with Crippen LogP contribution in [-0.2, 0) is 16.8 Å². The van der Waals surface area contributed by atoms with E-state index in [9.17, 15) is 20.2 Å². The van der Waals surface area contributed by atoms with E-state index >= 15 is 4.79 Å². The molecular weight excluding hydrogens is 707 g/mol. The van der Waals surface area contributed by atoms with Crippen LogP contribution >= 0.6 is 0 Å². The van der Waals surface area contributed by atoms with Gasteiger partial charge in [0.1, 0.15) is 12.1 Å². The number of nitro benzene ring substituents is 2. The standard InChI is InChI=1S/C44H35N7O5/c52-42-29(19-26-9-7-11-30(20-26)50(53)54)23-45-25-43(42)39(27-10-8-12-31(21-27)51(55)56)38(22-28-24-46-35-16-4-2-13-32(28)35)49-44(43)34-15-3-1-14-33(34)40-41(44)48-37-18-6-5-17-36(37)47-40/h1-21,24,38-41,45-46,49H,22-23,25H2/b29-19+. The van der Waals surface area contributed by atoms with Crippen LogP contribution < -0.4 is 21.3 Å². The number of piperidine rings is 1. The van der Waals surface area contributed by atoms with E-state index in [2.05, 4.69) is 33.8 Å². The predicted octanol–water partition coefficient (Wildman–Crippen LogP) is 5.80. The van der Waals surface area contributed by atoms with Gasteiger partial charge in [0.05, 0.1) is 31.5 Å². The topological polar surface area (TPSA) is 168 Å². The number of fused-ring (bicyclic) bond motifs is 8. The lowest BCUT2D eigenvalue weighted by molar-refractivity contribution is -0.385. The number of rotatable bonds is 6. The number of para-hydroxylation sites is 3. The molecule has 3 N–H and O–H groups in total. The normalized spacial score (nSPS) is 26.8. The summed E-state index contributed by atoms with van der Waals surface area (Å²) >= 11 is 0. The molecule has 5 aromatic carbocycles. The second-order valence-electron chi connectivity index (χ2n) is 15.1. The Bertz CT molecular complexity index is 2800. The Morgan fingerprint density at radius 3 is 2.34 bits per heavy atom. The third-order valence-electron chi connectivity index (χ3n) is 12.3. The Hall–Kier alpha value is -6.63. The highest BCUT2D eigenvalue weighted by Crippen LogP contribution is 2.66. The minimum atomic E-state index is -1.31. The van der Waals surface area contributed by atoms with Crippen molar-refractivity contribution in [2.75, 3.05) is 13.1 Å². The zero-order valence-corrected chi connectivity index (χ0v) is 30.0. The summed E-state index contributed by atoms with van der Waals surface area (Å²) < 4.78 is 0. The van der Waals surface area contributed by atoms with Crippen molar-refractivity contribution in [2.24, 2.45) is 15.4 Å². The summed E-state index contributed by atoms with van der Waals surface area (Å²) in [6.45, 7) is 0.464. The van der Waals surface area contributed by atoms with Crippen molar-refractivity contribution in [1.82, 2.24) is 15.6 Å². The largest absolute Gasteiger partial charge is 0.361 e. The van der Waals surface area contributed by atoms with Crippen LogP contribution in [0.1, 0.15) is 39.8 Å². The zero-order chi connectivity index (χ0) is 38.2. The summed E-state index contributed by atoms with van der Waals surface area (Å²) in [6.07, 6.45) is 4.24. The molecule has 6 unspecified atom stereocenters. The minimum Gasteiger partial charge on any atom is -0.361 e.